The molecule has 2 aliphatic rings. The summed E-state index contributed by atoms with van der Waals surface area (Å²) in [6.45, 7) is 1.73. The van der Waals surface area contributed by atoms with Gasteiger partial charge in [0.15, 0.2) is 0 Å². The van der Waals surface area contributed by atoms with Gasteiger partial charge in [-0.15, -0.1) is 12.4 Å². The number of methoxy groups -OCH3 is 1. The zero-order chi connectivity index (χ0) is 15.9. The summed E-state index contributed by atoms with van der Waals surface area (Å²) in [6.07, 6.45) is 6.52. The SMILES string of the molecule is COC(CN)CC(=O)NC1CCN(C(=O)C2CCCCC2)C1.Cl. The Kier molecular flexibility index (Phi) is 8.87. The maximum Gasteiger partial charge on any atom is 0.225 e. The minimum atomic E-state index is -0.235. The van der Waals surface area contributed by atoms with Gasteiger partial charge in [0.1, 0.15) is 0 Å². The normalized spacial score (nSPS) is 23.2. The number of hydrogen-bond acceptors (Lipinski definition) is 4. The van der Waals surface area contributed by atoms with Gasteiger partial charge in [-0.3, -0.25) is 9.59 Å². The van der Waals surface area contributed by atoms with Gasteiger partial charge < -0.3 is 20.7 Å². The number of amides is 2. The van der Waals surface area contributed by atoms with Crippen LogP contribution in [0.25, 0.3) is 0 Å². The van der Waals surface area contributed by atoms with Crippen molar-refractivity contribution in [3.05, 3.63) is 0 Å². The van der Waals surface area contributed by atoms with Gasteiger partial charge in [0.05, 0.1) is 12.5 Å². The molecule has 0 aromatic rings. The fourth-order valence-corrected chi connectivity index (χ4v) is 3.44. The highest BCUT2D eigenvalue weighted by Crippen LogP contribution is 2.26. The molecule has 2 amide bonds. The lowest BCUT2D eigenvalue weighted by molar-refractivity contribution is -0.135. The minimum absolute atomic E-state index is 0. The van der Waals surface area contributed by atoms with E-state index in [9.17, 15) is 9.59 Å². The van der Waals surface area contributed by atoms with E-state index in [1.807, 2.05) is 4.90 Å². The molecule has 2 rings (SSSR count). The predicted molar refractivity (Wildman–Crippen MR) is 91.4 cm³/mol. The molecule has 0 bridgehead atoms. The first-order valence-electron chi connectivity index (χ1n) is 8.45. The van der Waals surface area contributed by atoms with Crippen LogP contribution in [0.3, 0.4) is 0 Å². The summed E-state index contributed by atoms with van der Waals surface area (Å²) in [6, 6.07) is 0.0651. The third-order valence-electron chi connectivity index (χ3n) is 4.83. The lowest BCUT2D eigenvalue weighted by atomic mass is 9.88. The van der Waals surface area contributed by atoms with E-state index in [2.05, 4.69) is 5.32 Å². The van der Waals surface area contributed by atoms with Crippen LogP contribution in [0, 0.1) is 5.92 Å². The van der Waals surface area contributed by atoms with Crippen molar-refractivity contribution >= 4 is 24.2 Å². The Bertz CT molecular complexity index is 385. The molecule has 1 saturated carbocycles. The first-order chi connectivity index (χ1) is 10.6. The first-order valence-corrected chi connectivity index (χ1v) is 8.45. The predicted octanol–water partition coefficient (Wildman–Crippen LogP) is 1.07. The summed E-state index contributed by atoms with van der Waals surface area (Å²) in [7, 11) is 1.56. The van der Waals surface area contributed by atoms with Gasteiger partial charge >= 0.3 is 0 Å². The number of carbonyl (C=O) groups excluding carboxylic acids is 2. The molecule has 2 atom stereocenters. The van der Waals surface area contributed by atoms with Crippen LogP contribution in [-0.4, -0.2) is 55.6 Å². The molecule has 1 aliphatic carbocycles. The molecule has 7 heteroatoms. The highest BCUT2D eigenvalue weighted by Gasteiger charge is 2.32. The number of rotatable bonds is 6. The molecule has 0 aromatic heterocycles. The number of ether oxygens (including phenoxy) is 1. The Hall–Kier alpha value is -0.850. The van der Waals surface area contributed by atoms with Gasteiger partial charge in [-0.2, -0.15) is 0 Å². The molecule has 134 valence electrons. The zero-order valence-electron chi connectivity index (χ0n) is 14.0. The fraction of sp³-hybridized carbons (Fsp3) is 0.875. The molecule has 6 nitrogen and oxygen atoms in total. The zero-order valence-corrected chi connectivity index (χ0v) is 14.8. The summed E-state index contributed by atoms with van der Waals surface area (Å²) >= 11 is 0. The smallest absolute Gasteiger partial charge is 0.225 e. The van der Waals surface area contributed by atoms with Crippen LogP contribution in [-0.2, 0) is 14.3 Å². The number of likely N-dealkylation sites (tertiary alicyclic amines) is 1. The molecule has 1 saturated heterocycles. The summed E-state index contributed by atoms with van der Waals surface area (Å²) in [5, 5.41) is 3.00. The molecule has 2 unspecified atom stereocenters. The van der Waals surface area contributed by atoms with Crippen molar-refractivity contribution in [3.8, 4) is 0 Å². The number of carbonyl (C=O) groups is 2. The van der Waals surface area contributed by atoms with E-state index in [-0.39, 0.29) is 48.7 Å². The lowest BCUT2D eigenvalue weighted by Crippen LogP contribution is -2.42. The van der Waals surface area contributed by atoms with Gasteiger partial charge in [-0.25, -0.2) is 0 Å². The number of nitrogens with zero attached hydrogens (tertiary/aromatic N) is 1. The van der Waals surface area contributed by atoms with E-state index in [4.69, 9.17) is 10.5 Å². The standard InChI is InChI=1S/C16H29N3O3.ClH/c1-22-14(10-17)9-15(20)18-13-7-8-19(11-13)16(21)12-5-3-2-4-6-12;/h12-14H,2-11,17H2,1H3,(H,18,20);1H. The van der Waals surface area contributed by atoms with Crippen molar-refractivity contribution in [3.63, 3.8) is 0 Å². The van der Waals surface area contributed by atoms with Crippen LogP contribution >= 0.6 is 12.4 Å². The molecule has 3 N–H and O–H groups in total. The topological polar surface area (TPSA) is 84.7 Å². The number of hydrogen-bond donors (Lipinski definition) is 2. The Morgan fingerprint density at radius 3 is 2.57 bits per heavy atom. The van der Waals surface area contributed by atoms with Crippen molar-refractivity contribution in [1.82, 2.24) is 10.2 Å². The van der Waals surface area contributed by atoms with Crippen LogP contribution in [0.5, 0.6) is 0 Å². The Morgan fingerprint density at radius 2 is 1.96 bits per heavy atom. The highest BCUT2D eigenvalue weighted by molar-refractivity contribution is 5.85. The summed E-state index contributed by atoms with van der Waals surface area (Å²) in [4.78, 5) is 26.4. The number of halogens is 1. The van der Waals surface area contributed by atoms with Crippen molar-refractivity contribution in [1.29, 1.82) is 0 Å². The second-order valence-corrected chi connectivity index (χ2v) is 6.47. The Balaban J connectivity index is 0.00000264. The first kappa shape index (κ1) is 20.2. The molecule has 1 heterocycles. The van der Waals surface area contributed by atoms with Gasteiger partial charge in [0.2, 0.25) is 11.8 Å². The van der Waals surface area contributed by atoms with Crippen LogP contribution < -0.4 is 11.1 Å². The molecule has 0 radical (unpaired) electrons. The summed E-state index contributed by atoms with van der Waals surface area (Å²) in [5.41, 5.74) is 5.53. The lowest BCUT2D eigenvalue weighted by Gasteiger charge is -2.26. The number of nitrogens with one attached hydrogen (secondary N) is 1. The van der Waals surface area contributed by atoms with Crippen LogP contribution in [0.4, 0.5) is 0 Å². The molecule has 0 aromatic carbocycles. The van der Waals surface area contributed by atoms with Crippen LogP contribution in [0.15, 0.2) is 0 Å². The fourth-order valence-electron chi connectivity index (χ4n) is 3.44. The van der Waals surface area contributed by atoms with Crippen LogP contribution in [0.2, 0.25) is 0 Å². The van der Waals surface area contributed by atoms with E-state index >= 15 is 0 Å². The van der Waals surface area contributed by atoms with E-state index in [1.165, 1.54) is 19.3 Å². The Morgan fingerprint density at radius 1 is 1.26 bits per heavy atom. The molecule has 0 spiro atoms. The van der Waals surface area contributed by atoms with E-state index in [0.717, 1.165) is 25.8 Å². The molecule has 2 fully saturated rings. The van der Waals surface area contributed by atoms with Gasteiger partial charge in [-0.1, -0.05) is 19.3 Å². The largest absolute Gasteiger partial charge is 0.380 e. The third kappa shape index (κ3) is 5.94. The highest BCUT2D eigenvalue weighted by atomic mass is 35.5. The molecule has 1 aliphatic heterocycles. The molecular formula is C16H30ClN3O3. The maximum atomic E-state index is 12.5. The minimum Gasteiger partial charge on any atom is -0.380 e. The monoisotopic (exact) mass is 347 g/mol. The van der Waals surface area contributed by atoms with Crippen molar-refractivity contribution in [2.75, 3.05) is 26.7 Å². The van der Waals surface area contributed by atoms with Gasteiger partial charge in [-0.05, 0) is 19.3 Å². The number of nitrogens with two attached hydrogens (primary N) is 1. The quantitative estimate of drug-likeness (QED) is 0.752. The van der Waals surface area contributed by atoms with E-state index in [1.54, 1.807) is 7.11 Å². The van der Waals surface area contributed by atoms with E-state index in [0.29, 0.717) is 13.1 Å². The second kappa shape index (κ2) is 10.1. The van der Waals surface area contributed by atoms with Crippen molar-refractivity contribution < 1.29 is 14.3 Å². The van der Waals surface area contributed by atoms with E-state index < -0.39 is 0 Å². The molecular weight excluding hydrogens is 318 g/mol. The van der Waals surface area contributed by atoms with Gasteiger partial charge in [0, 0.05) is 38.7 Å². The average Bonchev–Trinajstić information content (AvgIpc) is 3.01. The summed E-state index contributed by atoms with van der Waals surface area (Å²) < 4.78 is 5.12. The van der Waals surface area contributed by atoms with Crippen molar-refractivity contribution in [2.24, 2.45) is 11.7 Å². The Labute approximate surface area is 144 Å². The van der Waals surface area contributed by atoms with Crippen LogP contribution in [0.1, 0.15) is 44.9 Å². The average molecular weight is 348 g/mol. The summed E-state index contributed by atoms with van der Waals surface area (Å²) in [5.74, 6) is 0.445. The third-order valence-corrected chi connectivity index (χ3v) is 4.83. The van der Waals surface area contributed by atoms with Gasteiger partial charge in [0.25, 0.3) is 0 Å². The molecule has 23 heavy (non-hydrogen) atoms. The van der Waals surface area contributed by atoms with Crippen molar-refractivity contribution in [2.45, 2.75) is 57.1 Å². The maximum absolute atomic E-state index is 12.5. The second-order valence-electron chi connectivity index (χ2n) is 6.47.